The molecule has 0 aliphatic carbocycles. The maximum absolute atomic E-state index is 12.5. The summed E-state index contributed by atoms with van der Waals surface area (Å²) in [7, 11) is 0. The number of pyridine rings is 1. The van der Waals surface area contributed by atoms with Gasteiger partial charge in [0.2, 0.25) is 0 Å². The highest BCUT2D eigenvalue weighted by Crippen LogP contribution is 2.29. The molecular weight excluding hydrogens is 354 g/mol. The lowest BCUT2D eigenvalue weighted by Gasteiger charge is -2.34. The summed E-state index contributed by atoms with van der Waals surface area (Å²) >= 11 is 0. The molecule has 7 nitrogen and oxygen atoms in total. The van der Waals surface area contributed by atoms with Gasteiger partial charge in [-0.25, -0.2) is 14.3 Å². The van der Waals surface area contributed by atoms with Crippen LogP contribution in [0.15, 0.2) is 42.9 Å². The number of hydrogen-bond acceptors (Lipinski definition) is 5. The van der Waals surface area contributed by atoms with Gasteiger partial charge in [0.25, 0.3) is 0 Å². The number of hydrogen-bond donors (Lipinski definition) is 0. The van der Waals surface area contributed by atoms with Crippen LogP contribution in [0.1, 0.15) is 45.2 Å². The monoisotopic (exact) mass is 379 g/mol. The lowest BCUT2D eigenvalue weighted by molar-refractivity contribution is 0.0197. The molecule has 1 unspecified atom stereocenters. The molecule has 4 heterocycles. The fraction of sp³-hybridized carbons (Fsp3) is 0.429. The van der Waals surface area contributed by atoms with Crippen LogP contribution in [-0.4, -0.2) is 49.3 Å². The van der Waals surface area contributed by atoms with E-state index in [1.165, 1.54) is 0 Å². The molecule has 0 N–H and O–H groups in total. The summed E-state index contributed by atoms with van der Waals surface area (Å²) in [5, 5.41) is 4.35. The SMILES string of the molecule is CC(C)(C)OC(=O)N1CCCC(c2cccc(-c3cnn4cccnc34)n2)C1. The van der Waals surface area contributed by atoms with Gasteiger partial charge in [-0.1, -0.05) is 6.07 Å². The number of ether oxygens (including phenoxy) is 1. The van der Waals surface area contributed by atoms with E-state index in [1.807, 2.05) is 51.2 Å². The molecule has 7 heteroatoms. The standard InChI is InChI=1S/C21H25N5O2/c1-21(2,3)28-20(27)25-11-5-7-15(14-25)17-8-4-9-18(24-17)16-13-23-26-12-6-10-22-19(16)26/h4,6,8-10,12-13,15H,5,7,11,14H2,1-3H3. The lowest BCUT2D eigenvalue weighted by atomic mass is 9.94. The fourth-order valence-corrected chi connectivity index (χ4v) is 3.55. The Morgan fingerprint density at radius 3 is 2.93 bits per heavy atom. The fourth-order valence-electron chi connectivity index (χ4n) is 3.55. The Labute approximate surface area is 164 Å². The molecule has 4 rings (SSSR count). The summed E-state index contributed by atoms with van der Waals surface area (Å²) in [6, 6.07) is 7.87. The summed E-state index contributed by atoms with van der Waals surface area (Å²) in [5.74, 6) is 0.191. The van der Waals surface area contributed by atoms with E-state index < -0.39 is 5.60 Å². The molecule has 3 aromatic heterocycles. The van der Waals surface area contributed by atoms with E-state index in [2.05, 4.69) is 10.1 Å². The summed E-state index contributed by atoms with van der Waals surface area (Å²) in [4.78, 5) is 23.6. The van der Waals surface area contributed by atoms with Gasteiger partial charge in [-0.15, -0.1) is 0 Å². The molecule has 3 aromatic rings. The van der Waals surface area contributed by atoms with Gasteiger partial charge in [0.1, 0.15) is 5.60 Å². The third kappa shape index (κ3) is 3.83. The molecule has 28 heavy (non-hydrogen) atoms. The highest BCUT2D eigenvalue weighted by atomic mass is 16.6. The van der Waals surface area contributed by atoms with Crippen LogP contribution in [0.2, 0.25) is 0 Å². The third-order valence-electron chi connectivity index (χ3n) is 4.82. The summed E-state index contributed by atoms with van der Waals surface area (Å²) in [6.45, 7) is 7.02. The number of amides is 1. The smallest absolute Gasteiger partial charge is 0.410 e. The van der Waals surface area contributed by atoms with Crippen LogP contribution in [0.5, 0.6) is 0 Å². The highest BCUT2D eigenvalue weighted by molar-refractivity contribution is 5.74. The van der Waals surface area contributed by atoms with Crippen LogP contribution < -0.4 is 0 Å². The van der Waals surface area contributed by atoms with E-state index in [1.54, 1.807) is 21.8 Å². The molecular formula is C21H25N5O2. The summed E-state index contributed by atoms with van der Waals surface area (Å²) in [5.41, 5.74) is 3.04. The average molecular weight is 379 g/mol. The Bertz CT molecular complexity index is 992. The zero-order chi connectivity index (χ0) is 19.7. The molecule has 1 atom stereocenters. The Hall–Kier alpha value is -2.96. The Balaban J connectivity index is 1.56. The predicted molar refractivity (Wildman–Crippen MR) is 106 cm³/mol. The quantitative estimate of drug-likeness (QED) is 0.675. The lowest BCUT2D eigenvalue weighted by Crippen LogP contribution is -2.42. The van der Waals surface area contributed by atoms with E-state index in [-0.39, 0.29) is 12.0 Å². The molecule has 1 aliphatic rings. The van der Waals surface area contributed by atoms with Gasteiger partial charge >= 0.3 is 6.09 Å². The first-order valence-electron chi connectivity index (χ1n) is 9.64. The first-order valence-corrected chi connectivity index (χ1v) is 9.64. The number of carbonyl (C=O) groups is 1. The molecule has 0 aromatic carbocycles. The Morgan fingerprint density at radius 2 is 2.11 bits per heavy atom. The van der Waals surface area contributed by atoms with Crippen LogP contribution in [0.3, 0.4) is 0 Å². The number of fused-ring (bicyclic) bond motifs is 1. The van der Waals surface area contributed by atoms with E-state index in [4.69, 9.17) is 9.72 Å². The van der Waals surface area contributed by atoms with E-state index in [9.17, 15) is 4.79 Å². The molecule has 1 saturated heterocycles. The number of piperidine rings is 1. The minimum Gasteiger partial charge on any atom is -0.444 e. The maximum Gasteiger partial charge on any atom is 0.410 e. The van der Waals surface area contributed by atoms with Crippen molar-refractivity contribution < 1.29 is 9.53 Å². The van der Waals surface area contributed by atoms with Gasteiger partial charge in [0.15, 0.2) is 5.65 Å². The summed E-state index contributed by atoms with van der Waals surface area (Å²) < 4.78 is 7.28. The highest BCUT2D eigenvalue weighted by Gasteiger charge is 2.29. The van der Waals surface area contributed by atoms with Gasteiger partial charge in [0.05, 0.1) is 17.5 Å². The van der Waals surface area contributed by atoms with Gasteiger partial charge in [-0.3, -0.25) is 4.98 Å². The molecule has 146 valence electrons. The maximum atomic E-state index is 12.5. The van der Waals surface area contributed by atoms with Crippen LogP contribution in [0.4, 0.5) is 4.79 Å². The Morgan fingerprint density at radius 1 is 1.25 bits per heavy atom. The van der Waals surface area contributed by atoms with Gasteiger partial charge in [-0.05, 0) is 51.8 Å². The minimum atomic E-state index is -0.487. The molecule has 0 bridgehead atoms. The average Bonchev–Trinajstić information content (AvgIpc) is 3.11. The normalized spacial score (nSPS) is 17.7. The second-order valence-corrected chi connectivity index (χ2v) is 8.16. The van der Waals surface area contributed by atoms with Crippen molar-refractivity contribution in [2.24, 2.45) is 0 Å². The first-order chi connectivity index (χ1) is 13.4. The van der Waals surface area contributed by atoms with Crippen molar-refractivity contribution in [3.8, 4) is 11.3 Å². The molecule has 1 fully saturated rings. The largest absolute Gasteiger partial charge is 0.444 e. The van der Waals surface area contributed by atoms with Crippen LogP contribution >= 0.6 is 0 Å². The Kier molecular flexibility index (Phi) is 4.75. The van der Waals surface area contributed by atoms with Crippen molar-refractivity contribution in [3.63, 3.8) is 0 Å². The predicted octanol–water partition coefficient (Wildman–Crippen LogP) is 3.91. The van der Waals surface area contributed by atoms with E-state index >= 15 is 0 Å². The van der Waals surface area contributed by atoms with Crippen molar-refractivity contribution >= 4 is 11.7 Å². The van der Waals surface area contributed by atoms with Crippen molar-refractivity contribution in [2.75, 3.05) is 13.1 Å². The molecule has 0 spiro atoms. The van der Waals surface area contributed by atoms with Crippen LogP contribution in [0.25, 0.3) is 16.9 Å². The van der Waals surface area contributed by atoms with Gasteiger partial charge in [-0.2, -0.15) is 5.10 Å². The summed E-state index contributed by atoms with van der Waals surface area (Å²) in [6.07, 6.45) is 7.11. The van der Waals surface area contributed by atoms with Crippen LogP contribution in [0, 0.1) is 0 Å². The topological polar surface area (TPSA) is 72.6 Å². The van der Waals surface area contributed by atoms with Crippen molar-refractivity contribution in [1.29, 1.82) is 0 Å². The first kappa shape index (κ1) is 18.4. The van der Waals surface area contributed by atoms with Crippen molar-refractivity contribution in [2.45, 2.75) is 45.1 Å². The molecule has 1 aliphatic heterocycles. The minimum absolute atomic E-state index is 0.191. The number of nitrogens with zero attached hydrogens (tertiary/aromatic N) is 5. The number of aromatic nitrogens is 4. The number of likely N-dealkylation sites (tertiary alicyclic amines) is 1. The van der Waals surface area contributed by atoms with Gasteiger partial charge in [0, 0.05) is 37.1 Å². The molecule has 0 saturated carbocycles. The van der Waals surface area contributed by atoms with Gasteiger partial charge < -0.3 is 9.64 Å². The van der Waals surface area contributed by atoms with Crippen molar-refractivity contribution in [1.82, 2.24) is 24.5 Å². The van der Waals surface area contributed by atoms with E-state index in [0.29, 0.717) is 6.54 Å². The van der Waals surface area contributed by atoms with Crippen molar-refractivity contribution in [3.05, 3.63) is 48.5 Å². The molecule has 0 radical (unpaired) electrons. The van der Waals surface area contributed by atoms with E-state index in [0.717, 1.165) is 42.0 Å². The molecule has 1 amide bonds. The second kappa shape index (κ2) is 7.22. The zero-order valence-corrected chi connectivity index (χ0v) is 16.5. The number of carbonyl (C=O) groups excluding carboxylic acids is 1. The number of rotatable bonds is 2. The second-order valence-electron chi connectivity index (χ2n) is 8.16. The zero-order valence-electron chi connectivity index (χ0n) is 16.5. The van der Waals surface area contributed by atoms with Crippen LogP contribution in [-0.2, 0) is 4.74 Å². The third-order valence-corrected chi connectivity index (χ3v) is 4.82.